The number of carbonyl (C=O) groups excluding carboxylic acids is 1. The van der Waals surface area contributed by atoms with Crippen LogP contribution in [0.1, 0.15) is 22.3 Å². The van der Waals surface area contributed by atoms with Gasteiger partial charge in [0.15, 0.2) is 0 Å². The third-order valence-corrected chi connectivity index (χ3v) is 5.05. The van der Waals surface area contributed by atoms with E-state index < -0.39 is 10.0 Å². The molecule has 24 heavy (non-hydrogen) atoms. The molecule has 0 radical (unpaired) electrons. The molecule has 9 heteroatoms. The first-order valence-electron chi connectivity index (χ1n) is 7.28. The quantitative estimate of drug-likeness (QED) is 0.851. The molecule has 0 atom stereocenters. The molecule has 0 saturated heterocycles. The van der Waals surface area contributed by atoms with E-state index in [4.69, 9.17) is 4.74 Å². The summed E-state index contributed by atoms with van der Waals surface area (Å²) >= 11 is 0. The van der Waals surface area contributed by atoms with Crippen molar-refractivity contribution in [2.45, 2.75) is 17.7 Å². The number of aromatic nitrogens is 2. The van der Waals surface area contributed by atoms with E-state index in [9.17, 15) is 13.2 Å². The number of benzene rings is 1. The van der Waals surface area contributed by atoms with Gasteiger partial charge in [0.25, 0.3) is 15.9 Å². The highest BCUT2D eigenvalue weighted by molar-refractivity contribution is 7.92. The van der Waals surface area contributed by atoms with E-state index in [-0.39, 0.29) is 22.2 Å². The third-order valence-electron chi connectivity index (χ3n) is 3.64. The Morgan fingerprint density at radius 3 is 2.71 bits per heavy atom. The van der Waals surface area contributed by atoms with Gasteiger partial charge in [0.1, 0.15) is 17.0 Å². The SMILES string of the molecule is COc1cc2c(cc1S(=O)(=O)Nc1cncnc1)C(=O)NCCC2. The lowest BCUT2D eigenvalue weighted by Gasteiger charge is -2.14. The predicted molar refractivity (Wildman–Crippen MR) is 86.5 cm³/mol. The molecular weight excluding hydrogens is 332 g/mol. The van der Waals surface area contributed by atoms with E-state index in [2.05, 4.69) is 20.0 Å². The van der Waals surface area contributed by atoms with Crippen LogP contribution in [0, 0.1) is 0 Å². The fraction of sp³-hybridized carbons (Fsp3) is 0.267. The molecule has 0 aliphatic carbocycles. The van der Waals surface area contributed by atoms with E-state index in [0.717, 1.165) is 12.0 Å². The van der Waals surface area contributed by atoms with E-state index in [1.165, 1.54) is 31.9 Å². The van der Waals surface area contributed by atoms with Crippen LogP contribution in [0.5, 0.6) is 5.75 Å². The number of nitrogens with one attached hydrogen (secondary N) is 2. The molecule has 0 saturated carbocycles. The summed E-state index contributed by atoms with van der Waals surface area (Å²) in [6.45, 7) is 0.553. The topological polar surface area (TPSA) is 110 Å². The number of rotatable bonds is 4. The Kier molecular flexibility index (Phi) is 4.34. The maximum Gasteiger partial charge on any atom is 0.265 e. The maximum atomic E-state index is 12.7. The van der Waals surface area contributed by atoms with Gasteiger partial charge in [0.2, 0.25) is 0 Å². The lowest BCUT2D eigenvalue weighted by molar-refractivity contribution is 0.0956. The summed E-state index contributed by atoms with van der Waals surface area (Å²) in [5.74, 6) is -0.0996. The highest BCUT2D eigenvalue weighted by Gasteiger charge is 2.25. The first kappa shape index (κ1) is 16.2. The molecule has 8 nitrogen and oxygen atoms in total. The van der Waals surface area contributed by atoms with Crippen molar-refractivity contribution >= 4 is 21.6 Å². The Bertz CT molecular complexity index is 869. The van der Waals surface area contributed by atoms with Crippen LogP contribution in [-0.4, -0.2) is 37.9 Å². The van der Waals surface area contributed by atoms with Gasteiger partial charge in [-0.2, -0.15) is 0 Å². The Hall–Kier alpha value is -2.68. The van der Waals surface area contributed by atoms with Crippen LogP contribution in [0.15, 0.2) is 35.7 Å². The minimum absolute atomic E-state index is 0.107. The van der Waals surface area contributed by atoms with E-state index >= 15 is 0 Å². The Morgan fingerprint density at radius 1 is 1.25 bits per heavy atom. The van der Waals surface area contributed by atoms with Gasteiger partial charge in [-0.25, -0.2) is 18.4 Å². The van der Waals surface area contributed by atoms with Crippen molar-refractivity contribution in [1.82, 2.24) is 15.3 Å². The summed E-state index contributed by atoms with van der Waals surface area (Å²) in [6.07, 6.45) is 5.43. The smallest absolute Gasteiger partial charge is 0.265 e. The van der Waals surface area contributed by atoms with Crippen LogP contribution >= 0.6 is 0 Å². The van der Waals surface area contributed by atoms with Crippen molar-refractivity contribution in [3.05, 3.63) is 42.0 Å². The number of fused-ring (bicyclic) bond motifs is 1. The van der Waals surface area contributed by atoms with Gasteiger partial charge < -0.3 is 10.1 Å². The van der Waals surface area contributed by atoms with Crippen LogP contribution in [0.25, 0.3) is 0 Å². The summed E-state index contributed by atoms with van der Waals surface area (Å²) in [4.78, 5) is 19.6. The minimum Gasteiger partial charge on any atom is -0.495 e. The lowest BCUT2D eigenvalue weighted by Crippen LogP contribution is -2.23. The zero-order valence-corrected chi connectivity index (χ0v) is 13.8. The number of anilines is 1. The van der Waals surface area contributed by atoms with Gasteiger partial charge >= 0.3 is 0 Å². The second-order valence-electron chi connectivity index (χ2n) is 5.25. The number of sulfonamides is 1. The molecule has 2 heterocycles. The van der Waals surface area contributed by atoms with Crippen molar-refractivity contribution in [1.29, 1.82) is 0 Å². The predicted octanol–water partition coefficient (Wildman–Crippen LogP) is 0.962. The molecule has 2 aromatic rings. The second kappa shape index (κ2) is 6.44. The molecule has 1 aromatic carbocycles. The largest absolute Gasteiger partial charge is 0.495 e. The van der Waals surface area contributed by atoms with Crippen LogP contribution < -0.4 is 14.8 Å². The second-order valence-corrected chi connectivity index (χ2v) is 6.90. The zero-order valence-electron chi connectivity index (χ0n) is 12.9. The van der Waals surface area contributed by atoms with Gasteiger partial charge in [0, 0.05) is 12.1 Å². The number of nitrogens with zero attached hydrogens (tertiary/aromatic N) is 2. The first-order valence-corrected chi connectivity index (χ1v) is 8.76. The molecule has 0 bridgehead atoms. The first-order chi connectivity index (χ1) is 11.5. The maximum absolute atomic E-state index is 12.7. The van der Waals surface area contributed by atoms with Crippen molar-refractivity contribution < 1.29 is 17.9 Å². The van der Waals surface area contributed by atoms with E-state index in [1.807, 2.05) is 0 Å². The van der Waals surface area contributed by atoms with Crippen LogP contribution in [0.2, 0.25) is 0 Å². The number of aryl methyl sites for hydroxylation is 1. The molecule has 2 N–H and O–H groups in total. The number of amides is 1. The number of methoxy groups -OCH3 is 1. The highest BCUT2D eigenvalue weighted by Crippen LogP contribution is 2.30. The molecule has 1 amide bonds. The Labute approximate surface area is 139 Å². The van der Waals surface area contributed by atoms with Gasteiger partial charge in [-0.3, -0.25) is 9.52 Å². The monoisotopic (exact) mass is 348 g/mol. The van der Waals surface area contributed by atoms with Gasteiger partial charge in [-0.1, -0.05) is 0 Å². The molecule has 0 unspecified atom stereocenters. The van der Waals surface area contributed by atoms with Gasteiger partial charge in [-0.05, 0) is 30.5 Å². The fourth-order valence-corrected chi connectivity index (χ4v) is 3.73. The minimum atomic E-state index is -3.96. The molecule has 3 rings (SSSR count). The standard InChI is InChI=1S/C15H16N4O4S/c1-23-13-5-10-3-2-4-18-15(20)12(10)6-14(13)24(21,22)19-11-7-16-9-17-8-11/h5-9,19H,2-4H2,1H3,(H,18,20). The normalized spacial score (nSPS) is 14.3. The highest BCUT2D eigenvalue weighted by atomic mass is 32.2. The Balaban J connectivity index is 2.07. The number of hydrogen-bond acceptors (Lipinski definition) is 6. The number of hydrogen-bond donors (Lipinski definition) is 2. The molecule has 1 aliphatic rings. The van der Waals surface area contributed by atoms with E-state index in [0.29, 0.717) is 18.5 Å². The number of carbonyl (C=O) groups is 1. The number of ether oxygens (including phenoxy) is 1. The van der Waals surface area contributed by atoms with Gasteiger partial charge in [0.05, 0.1) is 25.2 Å². The van der Waals surface area contributed by atoms with Crippen molar-refractivity contribution in [2.75, 3.05) is 18.4 Å². The zero-order chi connectivity index (χ0) is 17.2. The summed E-state index contributed by atoms with van der Waals surface area (Å²) in [5.41, 5.74) is 1.33. The average Bonchev–Trinajstić information content (AvgIpc) is 2.75. The van der Waals surface area contributed by atoms with Crippen LogP contribution in [0.4, 0.5) is 5.69 Å². The van der Waals surface area contributed by atoms with Gasteiger partial charge in [-0.15, -0.1) is 0 Å². The Morgan fingerprint density at radius 2 is 2.00 bits per heavy atom. The molecule has 1 aromatic heterocycles. The van der Waals surface area contributed by atoms with Crippen LogP contribution in [0.3, 0.4) is 0 Å². The third kappa shape index (κ3) is 3.16. The fourth-order valence-electron chi connectivity index (χ4n) is 2.53. The lowest BCUT2D eigenvalue weighted by atomic mass is 10.0. The van der Waals surface area contributed by atoms with Crippen molar-refractivity contribution in [2.24, 2.45) is 0 Å². The molecule has 0 spiro atoms. The summed E-state index contributed by atoms with van der Waals surface area (Å²) < 4.78 is 33.0. The summed E-state index contributed by atoms with van der Waals surface area (Å²) in [5, 5.41) is 2.75. The summed E-state index contributed by atoms with van der Waals surface area (Å²) in [7, 11) is -2.57. The summed E-state index contributed by atoms with van der Waals surface area (Å²) in [6, 6.07) is 2.96. The molecular formula is C15H16N4O4S. The van der Waals surface area contributed by atoms with Crippen LogP contribution in [-0.2, 0) is 16.4 Å². The van der Waals surface area contributed by atoms with Crippen molar-refractivity contribution in [3.63, 3.8) is 0 Å². The molecule has 126 valence electrons. The molecule has 1 aliphatic heterocycles. The van der Waals surface area contributed by atoms with Crippen molar-refractivity contribution in [3.8, 4) is 5.75 Å². The van der Waals surface area contributed by atoms with E-state index in [1.54, 1.807) is 6.07 Å². The molecule has 0 fully saturated rings. The average molecular weight is 348 g/mol.